The van der Waals surface area contributed by atoms with Gasteiger partial charge in [-0.25, -0.2) is 0 Å². The molecule has 92 valence electrons. The van der Waals surface area contributed by atoms with Gasteiger partial charge in [0.15, 0.2) is 0 Å². The fourth-order valence-corrected chi connectivity index (χ4v) is 2.47. The lowest BCUT2D eigenvalue weighted by atomic mass is 10.3. The van der Waals surface area contributed by atoms with Gasteiger partial charge in [0.05, 0.1) is 8.66 Å². The van der Waals surface area contributed by atoms with E-state index in [-0.39, 0.29) is 0 Å². The maximum atomic E-state index is 11.8. The summed E-state index contributed by atoms with van der Waals surface area (Å²) in [6.45, 7) is -1.28. The Morgan fingerprint density at radius 2 is 1.71 bits per heavy atom. The predicted molar refractivity (Wildman–Crippen MR) is 63.2 cm³/mol. The molecule has 1 aromatic rings. The summed E-state index contributed by atoms with van der Waals surface area (Å²) in [6, 6.07) is 3.14. The molecule has 1 heterocycles. The fourth-order valence-electron chi connectivity index (χ4n) is 1.11. The molecule has 0 spiro atoms. The highest BCUT2D eigenvalue weighted by Crippen LogP contribution is 2.23. The van der Waals surface area contributed by atoms with Gasteiger partial charge in [-0.1, -0.05) is 0 Å². The van der Waals surface area contributed by atoms with Crippen LogP contribution in [0.4, 0.5) is 0 Å². The van der Waals surface area contributed by atoms with Crippen molar-refractivity contribution in [1.29, 1.82) is 0 Å². The molecule has 8 heteroatoms. The number of nitrogens with zero attached hydrogens (tertiary/aromatic N) is 1. The molecule has 6 nitrogen and oxygen atoms in total. The van der Waals surface area contributed by atoms with Crippen LogP contribution in [0.5, 0.6) is 0 Å². The van der Waals surface area contributed by atoms with E-state index in [2.05, 4.69) is 15.9 Å². The molecule has 2 N–H and O–H groups in total. The number of thiophene rings is 1. The van der Waals surface area contributed by atoms with Crippen molar-refractivity contribution in [2.24, 2.45) is 0 Å². The van der Waals surface area contributed by atoms with Gasteiger partial charge in [-0.3, -0.25) is 14.4 Å². The first-order valence-corrected chi connectivity index (χ1v) is 5.99. The second-order valence-electron chi connectivity index (χ2n) is 3.05. The molecule has 0 aliphatic carbocycles. The Hall–Kier alpha value is -1.41. The molecule has 1 amide bonds. The molecule has 0 aliphatic heterocycles. The summed E-state index contributed by atoms with van der Waals surface area (Å²) in [5, 5.41) is 17.2. The van der Waals surface area contributed by atoms with E-state index >= 15 is 0 Å². The summed E-state index contributed by atoms with van der Waals surface area (Å²) in [5.41, 5.74) is 0. The van der Waals surface area contributed by atoms with E-state index in [9.17, 15) is 14.4 Å². The Morgan fingerprint density at radius 3 is 2.06 bits per heavy atom. The largest absolute Gasteiger partial charge is 0.480 e. The maximum absolute atomic E-state index is 11.8. The van der Waals surface area contributed by atoms with E-state index in [1.54, 1.807) is 6.07 Å². The van der Waals surface area contributed by atoms with E-state index in [0.29, 0.717) is 8.66 Å². The first kappa shape index (κ1) is 13.7. The zero-order valence-corrected chi connectivity index (χ0v) is 10.8. The minimum atomic E-state index is -1.25. The fraction of sp³-hybridized carbons (Fsp3) is 0.222. The van der Waals surface area contributed by atoms with Crippen LogP contribution in [0.2, 0.25) is 0 Å². The van der Waals surface area contributed by atoms with Gasteiger partial charge in [0.25, 0.3) is 5.91 Å². The number of amides is 1. The number of carbonyl (C=O) groups is 3. The molecule has 0 saturated carbocycles. The van der Waals surface area contributed by atoms with Gasteiger partial charge >= 0.3 is 11.9 Å². The Labute approximate surface area is 109 Å². The molecule has 0 radical (unpaired) electrons. The molecule has 0 saturated heterocycles. The number of aliphatic carboxylic acids is 2. The number of rotatable bonds is 5. The molecular weight excluding hydrogens is 314 g/mol. The van der Waals surface area contributed by atoms with Crippen LogP contribution in [0.3, 0.4) is 0 Å². The second-order valence-corrected chi connectivity index (χ2v) is 5.52. The smallest absolute Gasteiger partial charge is 0.323 e. The first-order valence-electron chi connectivity index (χ1n) is 4.38. The Bertz CT molecular complexity index is 442. The summed E-state index contributed by atoms with van der Waals surface area (Å²) in [7, 11) is 0. The van der Waals surface area contributed by atoms with Crippen LogP contribution in [0.25, 0.3) is 0 Å². The van der Waals surface area contributed by atoms with E-state index in [1.165, 1.54) is 6.07 Å². The Balaban J connectivity index is 2.85. The summed E-state index contributed by atoms with van der Waals surface area (Å²) in [6.07, 6.45) is 0. The molecule has 0 aliphatic rings. The molecule has 0 fully saturated rings. The molecule has 1 rings (SSSR count). The van der Waals surface area contributed by atoms with Crippen LogP contribution in [0, 0.1) is 0 Å². The Morgan fingerprint density at radius 1 is 1.18 bits per heavy atom. The highest BCUT2D eigenvalue weighted by Gasteiger charge is 2.22. The van der Waals surface area contributed by atoms with Gasteiger partial charge in [0.2, 0.25) is 0 Å². The first-order chi connectivity index (χ1) is 7.90. The lowest BCUT2D eigenvalue weighted by molar-refractivity contribution is -0.140. The predicted octanol–water partition coefficient (Wildman–Crippen LogP) is 1.12. The highest BCUT2D eigenvalue weighted by molar-refractivity contribution is 9.11. The van der Waals surface area contributed by atoms with E-state index < -0.39 is 30.9 Å². The molecule has 0 aromatic carbocycles. The number of hydrogen-bond acceptors (Lipinski definition) is 4. The zero-order chi connectivity index (χ0) is 13.0. The SMILES string of the molecule is O=C(O)CN(CC(=O)O)C(=O)c1ccc(Br)s1. The van der Waals surface area contributed by atoms with Gasteiger partial charge in [-0.05, 0) is 28.1 Å². The number of carboxylic acid groups (broad SMARTS) is 2. The standard InChI is InChI=1S/C9H8BrNO5S/c10-6-2-1-5(17-6)9(16)11(3-7(12)13)4-8(14)15/h1-2H,3-4H2,(H,12,13)(H,14,15). The zero-order valence-electron chi connectivity index (χ0n) is 8.42. The van der Waals surface area contributed by atoms with Crippen LogP contribution in [0.1, 0.15) is 9.67 Å². The number of halogens is 1. The highest BCUT2D eigenvalue weighted by atomic mass is 79.9. The minimum Gasteiger partial charge on any atom is -0.480 e. The van der Waals surface area contributed by atoms with Crippen molar-refractivity contribution in [1.82, 2.24) is 4.90 Å². The monoisotopic (exact) mass is 321 g/mol. The van der Waals surface area contributed by atoms with Crippen LogP contribution in [-0.4, -0.2) is 46.0 Å². The van der Waals surface area contributed by atoms with Crippen molar-refractivity contribution >= 4 is 45.1 Å². The lowest BCUT2D eigenvalue weighted by Gasteiger charge is -2.17. The number of carbonyl (C=O) groups excluding carboxylic acids is 1. The van der Waals surface area contributed by atoms with Gasteiger partial charge in [-0.15, -0.1) is 11.3 Å². The number of hydrogen-bond donors (Lipinski definition) is 2. The van der Waals surface area contributed by atoms with Crippen LogP contribution < -0.4 is 0 Å². The van der Waals surface area contributed by atoms with Crippen molar-refractivity contribution < 1.29 is 24.6 Å². The van der Waals surface area contributed by atoms with Gasteiger partial charge in [-0.2, -0.15) is 0 Å². The summed E-state index contributed by atoms with van der Waals surface area (Å²) >= 11 is 4.28. The van der Waals surface area contributed by atoms with Crippen molar-refractivity contribution in [2.45, 2.75) is 0 Å². The molecular formula is C9H8BrNO5S. The second kappa shape index (κ2) is 5.78. The minimum absolute atomic E-state index is 0.291. The van der Waals surface area contributed by atoms with Crippen molar-refractivity contribution in [3.8, 4) is 0 Å². The lowest BCUT2D eigenvalue weighted by Crippen LogP contribution is -2.39. The molecule has 0 bridgehead atoms. The Kier molecular flexibility index (Phi) is 4.64. The molecule has 0 atom stereocenters. The van der Waals surface area contributed by atoms with Crippen molar-refractivity contribution in [2.75, 3.05) is 13.1 Å². The van der Waals surface area contributed by atoms with E-state index in [0.717, 1.165) is 16.2 Å². The van der Waals surface area contributed by atoms with Gasteiger partial charge < -0.3 is 15.1 Å². The summed E-state index contributed by atoms with van der Waals surface area (Å²) < 4.78 is 0.714. The third-order valence-corrected chi connectivity index (χ3v) is 3.34. The maximum Gasteiger partial charge on any atom is 0.323 e. The quantitative estimate of drug-likeness (QED) is 0.847. The summed E-state index contributed by atoms with van der Waals surface area (Å²) in [5.74, 6) is -3.11. The van der Waals surface area contributed by atoms with Gasteiger partial charge in [0, 0.05) is 0 Å². The van der Waals surface area contributed by atoms with Crippen LogP contribution >= 0.6 is 27.3 Å². The summed E-state index contributed by atoms with van der Waals surface area (Å²) in [4.78, 5) is 34.0. The van der Waals surface area contributed by atoms with Crippen LogP contribution in [-0.2, 0) is 9.59 Å². The number of carboxylic acids is 2. The normalized spacial score (nSPS) is 9.94. The third-order valence-electron chi connectivity index (χ3n) is 1.72. The third kappa shape index (κ3) is 4.16. The molecule has 17 heavy (non-hydrogen) atoms. The van der Waals surface area contributed by atoms with Gasteiger partial charge in [0.1, 0.15) is 13.1 Å². The van der Waals surface area contributed by atoms with E-state index in [4.69, 9.17) is 10.2 Å². The van der Waals surface area contributed by atoms with Crippen molar-refractivity contribution in [3.05, 3.63) is 20.8 Å². The average Bonchev–Trinajstić information content (AvgIpc) is 2.61. The molecule has 1 aromatic heterocycles. The van der Waals surface area contributed by atoms with Crippen molar-refractivity contribution in [3.63, 3.8) is 0 Å². The molecule has 0 unspecified atom stereocenters. The van der Waals surface area contributed by atoms with Crippen LogP contribution in [0.15, 0.2) is 15.9 Å². The van der Waals surface area contributed by atoms with E-state index in [1.807, 2.05) is 0 Å². The topological polar surface area (TPSA) is 94.9 Å². The average molecular weight is 322 g/mol.